The van der Waals surface area contributed by atoms with E-state index in [1.165, 1.54) is 5.56 Å². The number of hydrogen-bond donors (Lipinski definition) is 2. The lowest BCUT2D eigenvalue weighted by atomic mass is 9.89. The third-order valence-corrected chi connectivity index (χ3v) is 7.58. The molecule has 0 saturated carbocycles. The second-order valence-corrected chi connectivity index (χ2v) is 11.7. The summed E-state index contributed by atoms with van der Waals surface area (Å²) >= 11 is 0. The number of hydrogen-bond acceptors (Lipinski definition) is 4. The predicted molar refractivity (Wildman–Crippen MR) is 149 cm³/mol. The number of piperidine rings is 1. The Kier molecular flexibility index (Phi) is 10.2. The van der Waals surface area contributed by atoms with Gasteiger partial charge in [0.25, 0.3) is 5.91 Å². The molecular weight excluding hydrogens is 487 g/mol. The van der Waals surface area contributed by atoms with Crippen LogP contribution in [0.5, 0.6) is 0 Å². The number of nitroso groups, excluding NO2 is 1. The van der Waals surface area contributed by atoms with Crippen molar-refractivity contribution in [3.63, 3.8) is 0 Å². The summed E-state index contributed by atoms with van der Waals surface area (Å²) in [6.07, 6.45) is 9.60. The fourth-order valence-corrected chi connectivity index (χ4v) is 5.19. The van der Waals surface area contributed by atoms with Crippen molar-refractivity contribution in [3.05, 3.63) is 64.6 Å². The Labute approximate surface area is 221 Å². The molecule has 1 fully saturated rings. The normalized spacial score (nSPS) is 19.9. The molecule has 1 heterocycles. The molecule has 1 saturated heterocycles. The second kappa shape index (κ2) is 13.1. The van der Waals surface area contributed by atoms with E-state index in [1.807, 2.05) is 32.0 Å². The molecule has 200 valence electrons. The van der Waals surface area contributed by atoms with Gasteiger partial charge in [-0.1, -0.05) is 55.5 Å². The van der Waals surface area contributed by atoms with Gasteiger partial charge in [0.05, 0.1) is 0 Å². The van der Waals surface area contributed by atoms with Crippen molar-refractivity contribution in [3.8, 4) is 0 Å². The number of benzene rings is 1. The standard InChI is InChI=1S/C28H39N4O4P/c1-19(25(33)31-36)17-24(26(34)30-28(2,3)18-20-9-11-23(37)12-10-20)29-27(35)32-15-13-22(14-16-32)21-7-5-4-6-8-21/h4-11,19,22-24H,12-18,37H2,1-3H3,(H,29,35)(H,30,34)/t19?,23?,24-/m0/s1. The minimum Gasteiger partial charge on any atom is -0.349 e. The number of rotatable bonds is 9. The van der Waals surface area contributed by atoms with Gasteiger partial charge >= 0.3 is 6.03 Å². The minimum atomic E-state index is -0.966. The van der Waals surface area contributed by atoms with Gasteiger partial charge in [-0.25, -0.2) is 4.79 Å². The Morgan fingerprint density at radius 1 is 1.16 bits per heavy atom. The van der Waals surface area contributed by atoms with Crippen LogP contribution in [-0.2, 0) is 9.59 Å². The van der Waals surface area contributed by atoms with Gasteiger partial charge in [0.1, 0.15) is 6.04 Å². The molecular formula is C28H39N4O4P. The molecule has 0 spiro atoms. The predicted octanol–water partition coefficient (Wildman–Crippen LogP) is 4.68. The van der Waals surface area contributed by atoms with Gasteiger partial charge < -0.3 is 15.5 Å². The van der Waals surface area contributed by atoms with E-state index in [9.17, 15) is 19.3 Å². The van der Waals surface area contributed by atoms with Crippen LogP contribution < -0.4 is 10.6 Å². The zero-order valence-corrected chi connectivity index (χ0v) is 23.1. The summed E-state index contributed by atoms with van der Waals surface area (Å²) in [4.78, 5) is 50.8. The maximum Gasteiger partial charge on any atom is 0.318 e. The Bertz CT molecular complexity index is 1030. The molecule has 3 rings (SSSR count). The van der Waals surface area contributed by atoms with Crippen molar-refractivity contribution in [2.24, 2.45) is 11.1 Å². The molecule has 1 aromatic rings. The summed E-state index contributed by atoms with van der Waals surface area (Å²) in [7, 11) is 2.78. The third-order valence-electron chi connectivity index (χ3n) is 7.09. The molecule has 2 N–H and O–H groups in total. The summed E-state index contributed by atoms with van der Waals surface area (Å²) in [5, 5.41) is 8.38. The van der Waals surface area contributed by atoms with Crippen LogP contribution in [0.3, 0.4) is 0 Å². The van der Waals surface area contributed by atoms with Gasteiger partial charge in [-0.15, -0.1) is 14.1 Å². The Morgan fingerprint density at radius 2 is 1.84 bits per heavy atom. The first kappa shape index (κ1) is 28.7. The van der Waals surface area contributed by atoms with E-state index < -0.39 is 23.4 Å². The highest BCUT2D eigenvalue weighted by molar-refractivity contribution is 7.17. The number of nitrogens with zero attached hydrogens (tertiary/aromatic N) is 2. The highest BCUT2D eigenvalue weighted by Crippen LogP contribution is 2.28. The summed E-state index contributed by atoms with van der Waals surface area (Å²) in [5.41, 5.74) is 2.25. The lowest BCUT2D eigenvalue weighted by molar-refractivity contribution is -0.126. The molecule has 4 amide bonds. The van der Waals surface area contributed by atoms with Crippen LogP contribution in [0.2, 0.25) is 0 Å². The number of carbonyl (C=O) groups excluding carboxylic acids is 3. The van der Waals surface area contributed by atoms with E-state index in [4.69, 9.17) is 0 Å². The lowest BCUT2D eigenvalue weighted by Gasteiger charge is -2.34. The number of likely N-dealkylation sites (tertiary alicyclic amines) is 1. The van der Waals surface area contributed by atoms with E-state index in [0.29, 0.717) is 31.1 Å². The fourth-order valence-electron chi connectivity index (χ4n) is 4.94. The van der Waals surface area contributed by atoms with Gasteiger partial charge in [-0.05, 0) is 68.7 Å². The van der Waals surface area contributed by atoms with Gasteiger partial charge in [-0.2, -0.15) is 0 Å². The van der Waals surface area contributed by atoms with Gasteiger partial charge in [0.2, 0.25) is 5.91 Å². The number of carbonyl (C=O) groups is 3. The van der Waals surface area contributed by atoms with Crippen LogP contribution in [-0.4, -0.2) is 53.1 Å². The van der Waals surface area contributed by atoms with Crippen LogP contribution in [0, 0.1) is 10.8 Å². The molecule has 0 aromatic heterocycles. The van der Waals surface area contributed by atoms with Crippen molar-refractivity contribution >= 4 is 27.1 Å². The average molecular weight is 527 g/mol. The second-order valence-electron chi connectivity index (χ2n) is 10.8. The number of allylic oxidation sites excluding steroid dienone is 3. The molecule has 4 atom stereocenters. The molecule has 8 nitrogen and oxygen atoms in total. The van der Waals surface area contributed by atoms with E-state index in [2.05, 4.69) is 55.4 Å². The largest absolute Gasteiger partial charge is 0.349 e. The van der Waals surface area contributed by atoms with Crippen molar-refractivity contribution in [1.29, 1.82) is 0 Å². The molecule has 2 aliphatic rings. The fraction of sp³-hybridized carbons (Fsp3) is 0.536. The van der Waals surface area contributed by atoms with Crippen molar-refractivity contribution in [2.75, 3.05) is 13.1 Å². The highest BCUT2D eigenvalue weighted by Gasteiger charge is 2.33. The number of nitrogens with one attached hydrogen (secondary N) is 2. The maximum absolute atomic E-state index is 13.3. The highest BCUT2D eigenvalue weighted by atomic mass is 31.0. The Balaban J connectivity index is 1.63. The quantitative estimate of drug-likeness (QED) is 0.360. The molecule has 37 heavy (non-hydrogen) atoms. The van der Waals surface area contributed by atoms with Crippen LogP contribution in [0.25, 0.3) is 0 Å². The summed E-state index contributed by atoms with van der Waals surface area (Å²) in [6.45, 7) is 6.56. The molecule has 0 radical (unpaired) electrons. The minimum absolute atomic E-state index is 0.00392. The summed E-state index contributed by atoms with van der Waals surface area (Å²) in [5.74, 6) is -1.61. The summed E-state index contributed by atoms with van der Waals surface area (Å²) < 4.78 is 0. The van der Waals surface area contributed by atoms with Crippen LogP contribution in [0.15, 0.2) is 59.3 Å². The lowest BCUT2D eigenvalue weighted by Crippen LogP contribution is -2.56. The van der Waals surface area contributed by atoms with Gasteiger partial charge in [0, 0.05) is 29.7 Å². The molecule has 1 aliphatic carbocycles. The van der Waals surface area contributed by atoms with Crippen LogP contribution in [0.4, 0.5) is 4.79 Å². The first-order valence-corrected chi connectivity index (χ1v) is 13.7. The van der Waals surface area contributed by atoms with E-state index in [0.717, 1.165) is 24.8 Å². The molecule has 0 bridgehead atoms. The Hall–Kier alpha value is -2.86. The topological polar surface area (TPSA) is 108 Å². The van der Waals surface area contributed by atoms with E-state index in [1.54, 1.807) is 11.8 Å². The number of urea groups is 1. The zero-order chi connectivity index (χ0) is 27.0. The first-order valence-electron chi connectivity index (χ1n) is 13.0. The van der Waals surface area contributed by atoms with E-state index >= 15 is 0 Å². The van der Waals surface area contributed by atoms with Crippen LogP contribution in [0.1, 0.15) is 64.4 Å². The smallest absolute Gasteiger partial charge is 0.318 e. The molecule has 3 unspecified atom stereocenters. The number of amides is 4. The monoisotopic (exact) mass is 526 g/mol. The maximum atomic E-state index is 13.3. The Morgan fingerprint density at radius 3 is 2.43 bits per heavy atom. The van der Waals surface area contributed by atoms with Gasteiger partial charge in [-0.3, -0.25) is 9.59 Å². The SMILES string of the molecule is CC(C[C@H](NC(=O)N1CCC(c2ccccc2)CC1)C(=O)NC(C)(C)CC1=CCC(P)C=C1)C(=O)N=O. The molecule has 1 aliphatic heterocycles. The van der Waals surface area contributed by atoms with Crippen LogP contribution >= 0.6 is 9.24 Å². The first-order chi connectivity index (χ1) is 17.6. The summed E-state index contributed by atoms with van der Waals surface area (Å²) in [6, 6.07) is 8.96. The van der Waals surface area contributed by atoms with Crippen molar-refractivity contribution in [2.45, 2.75) is 76.0 Å². The molecule has 9 heteroatoms. The third kappa shape index (κ3) is 8.60. The van der Waals surface area contributed by atoms with Gasteiger partial charge in [0.15, 0.2) is 0 Å². The van der Waals surface area contributed by atoms with Crippen molar-refractivity contribution < 1.29 is 14.4 Å². The molecule has 1 aromatic carbocycles. The average Bonchev–Trinajstić information content (AvgIpc) is 2.89. The van der Waals surface area contributed by atoms with Crippen molar-refractivity contribution in [1.82, 2.24) is 15.5 Å². The van der Waals surface area contributed by atoms with E-state index in [-0.39, 0.29) is 18.4 Å². The zero-order valence-electron chi connectivity index (χ0n) is 22.0.